The van der Waals surface area contributed by atoms with E-state index in [0.717, 1.165) is 51.0 Å². The molecule has 3 heterocycles. The lowest BCUT2D eigenvalue weighted by Crippen LogP contribution is -2.45. The van der Waals surface area contributed by atoms with Gasteiger partial charge in [-0.1, -0.05) is 19.3 Å². The van der Waals surface area contributed by atoms with Gasteiger partial charge in [0.05, 0.1) is 5.69 Å². The quantitative estimate of drug-likeness (QED) is 0.732. The van der Waals surface area contributed by atoms with E-state index in [1.165, 1.54) is 12.7 Å². The van der Waals surface area contributed by atoms with Crippen LogP contribution in [-0.4, -0.2) is 64.0 Å². The molecule has 0 unspecified atom stereocenters. The highest BCUT2D eigenvalue weighted by Gasteiger charge is 2.30. The zero-order valence-corrected chi connectivity index (χ0v) is 19.1. The molecule has 3 N–H and O–H groups in total. The second kappa shape index (κ2) is 10.5. The number of nitrogens with two attached hydrogens (primary N) is 1. The van der Waals surface area contributed by atoms with Gasteiger partial charge in [0.1, 0.15) is 18.0 Å². The normalized spacial score (nSPS) is 17.4. The average Bonchev–Trinajstić information content (AvgIpc) is 3.08. The molecule has 1 saturated heterocycles. The molecule has 2 aromatic heterocycles. The average molecular weight is 453 g/mol. The van der Waals surface area contributed by atoms with Crippen molar-refractivity contribution >= 4 is 35.1 Å². The number of aromatic nitrogens is 3. The minimum Gasteiger partial charge on any atom is -0.396 e. The molecule has 0 radical (unpaired) electrons. The molecule has 0 spiro atoms. The van der Waals surface area contributed by atoms with Crippen molar-refractivity contribution in [1.82, 2.24) is 19.9 Å². The summed E-state index contributed by atoms with van der Waals surface area (Å²) in [6.07, 6.45) is 8.95. The number of nitrogen functional groups attached to an aromatic ring is 1. The Labute approximate surface area is 194 Å². The van der Waals surface area contributed by atoms with Gasteiger partial charge in [0.2, 0.25) is 5.91 Å². The second-order valence-electron chi connectivity index (χ2n) is 8.62. The molecular formula is C23H32N8O2. The molecule has 0 aromatic carbocycles. The lowest BCUT2D eigenvalue weighted by Gasteiger charge is -2.34. The third-order valence-corrected chi connectivity index (χ3v) is 6.36. The highest BCUT2D eigenvalue weighted by molar-refractivity contribution is 6.02. The van der Waals surface area contributed by atoms with Crippen LogP contribution in [0.3, 0.4) is 0 Å². The fourth-order valence-corrected chi connectivity index (χ4v) is 4.59. The molecule has 1 aliphatic heterocycles. The van der Waals surface area contributed by atoms with Gasteiger partial charge in [-0.15, -0.1) is 0 Å². The summed E-state index contributed by atoms with van der Waals surface area (Å²) in [6, 6.07) is 5.09. The van der Waals surface area contributed by atoms with E-state index in [9.17, 15) is 9.59 Å². The number of urea groups is 1. The number of amides is 3. The standard InChI is InChI=1S/C23H32N8O2/c1-17(32)29-12-5-13-30(15-14-29)21-9-8-19(24)22(28-21)31(18-6-3-2-4-7-18)23(33)27-20-10-11-25-16-26-20/h8-11,16,18H,2-7,12-15,24H2,1H3,(H,25,26,27,33). The van der Waals surface area contributed by atoms with Gasteiger partial charge in [-0.2, -0.15) is 0 Å². The zero-order chi connectivity index (χ0) is 23.2. The van der Waals surface area contributed by atoms with Crippen LogP contribution in [-0.2, 0) is 4.79 Å². The minimum atomic E-state index is -0.296. The van der Waals surface area contributed by atoms with E-state index in [-0.39, 0.29) is 18.0 Å². The first-order valence-electron chi connectivity index (χ1n) is 11.7. The van der Waals surface area contributed by atoms with E-state index in [2.05, 4.69) is 20.2 Å². The Morgan fingerprint density at radius 2 is 1.88 bits per heavy atom. The smallest absolute Gasteiger partial charge is 0.328 e. The molecule has 2 fully saturated rings. The highest BCUT2D eigenvalue weighted by Crippen LogP contribution is 2.32. The van der Waals surface area contributed by atoms with Crippen LogP contribution in [0.5, 0.6) is 0 Å². The topological polar surface area (TPSA) is 121 Å². The third-order valence-electron chi connectivity index (χ3n) is 6.36. The van der Waals surface area contributed by atoms with Gasteiger partial charge < -0.3 is 15.5 Å². The SMILES string of the molecule is CC(=O)N1CCCN(c2ccc(N)c(N(C(=O)Nc3ccncn3)C3CCCCC3)n2)CC1. The summed E-state index contributed by atoms with van der Waals surface area (Å²) < 4.78 is 0. The Morgan fingerprint density at radius 3 is 2.61 bits per heavy atom. The summed E-state index contributed by atoms with van der Waals surface area (Å²) in [6.45, 7) is 4.47. The summed E-state index contributed by atoms with van der Waals surface area (Å²) >= 11 is 0. The predicted molar refractivity (Wildman–Crippen MR) is 128 cm³/mol. The molecule has 0 bridgehead atoms. The molecule has 2 aliphatic rings. The fraction of sp³-hybridized carbons (Fsp3) is 0.522. The molecule has 33 heavy (non-hydrogen) atoms. The lowest BCUT2D eigenvalue weighted by atomic mass is 9.94. The number of carbonyl (C=O) groups is 2. The number of pyridine rings is 1. The summed E-state index contributed by atoms with van der Waals surface area (Å²) in [5.74, 6) is 1.76. The van der Waals surface area contributed by atoms with Gasteiger partial charge in [0.15, 0.2) is 5.82 Å². The van der Waals surface area contributed by atoms with Crippen molar-refractivity contribution < 1.29 is 9.59 Å². The number of hydrogen-bond donors (Lipinski definition) is 2. The van der Waals surface area contributed by atoms with E-state index < -0.39 is 0 Å². The van der Waals surface area contributed by atoms with Crippen molar-refractivity contribution in [3.63, 3.8) is 0 Å². The maximum atomic E-state index is 13.4. The Balaban J connectivity index is 1.62. The van der Waals surface area contributed by atoms with Crippen LogP contribution in [0.1, 0.15) is 45.4 Å². The first-order valence-corrected chi connectivity index (χ1v) is 11.7. The first kappa shape index (κ1) is 22.8. The number of carbonyl (C=O) groups excluding carboxylic acids is 2. The van der Waals surface area contributed by atoms with Crippen molar-refractivity contribution in [2.24, 2.45) is 0 Å². The van der Waals surface area contributed by atoms with Crippen molar-refractivity contribution in [1.29, 1.82) is 0 Å². The number of nitrogens with zero attached hydrogens (tertiary/aromatic N) is 6. The van der Waals surface area contributed by atoms with Crippen LogP contribution in [0, 0.1) is 0 Å². The van der Waals surface area contributed by atoms with Crippen LogP contribution in [0.15, 0.2) is 30.7 Å². The Bertz CT molecular complexity index is 964. The van der Waals surface area contributed by atoms with E-state index in [1.54, 1.807) is 24.1 Å². The van der Waals surface area contributed by atoms with Crippen molar-refractivity contribution in [2.75, 3.05) is 47.0 Å². The van der Waals surface area contributed by atoms with Crippen LogP contribution >= 0.6 is 0 Å². The van der Waals surface area contributed by atoms with Crippen LogP contribution in [0.4, 0.5) is 27.9 Å². The molecule has 176 valence electrons. The number of hydrogen-bond acceptors (Lipinski definition) is 7. The van der Waals surface area contributed by atoms with Gasteiger partial charge >= 0.3 is 6.03 Å². The summed E-state index contributed by atoms with van der Waals surface area (Å²) in [4.78, 5) is 43.9. The van der Waals surface area contributed by atoms with Crippen molar-refractivity contribution in [3.8, 4) is 0 Å². The molecule has 0 atom stereocenters. The van der Waals surface area contributed by atoms with Crippen LogP contribution in [0.25, 0.3) is 0 Å². The predicted octanol–water partition coefficient (Wildman–Crippen LogP) is 2.88. The molecule has 3 amide bonds. The van der Waals surface area contributed by atoms with Crippen molar-refractivity contribution in [3.05, 3.63) is 30.7 Å². The summed E-state index contributed by atoms with van der Waals surface area (Å²) in [5, 5.41) is 2.87. The zero-order valence-electron chi connectivity index (χ0n) is 19.1. The first-order chi connectivity index (χ1) is 16.0. The molecule has 2 aromatic rings. The maximum absolute atomic E-state index is 13.4. The van der Waals surface area contributed by atoms with Crippen LogP contribution in [0.2, 0.25) is 0 Å². The van der Waals surface area contributed by atoms with E-state index in [0.29, 0.717) is 30.4 Å². The minimum absolute atomic E-state index is 0.0166. The second-order valence-corrected chi connectivity index (χ2v) is 8.62. The van der Waals surface area contributed by atoms with Gasteiger partial charge in [-0.05, 0) is 37.5 Å². The van der Waals surface area contributed by atoms with Gasteiger partial charge in [-0.25, -0.2) is 19.7 Å². The molecule has 10 heteroatoms. The Hall–Kier alpha value is -3.43. The molecule has 1 saturated carbocycles. The Morgan fingerprint density at radius 1 is 1.06 bits per heavy atom. The summed E-state index contributed by atoms with van der Waals surface area (Å²) in [7, 11) is 0. The number of nitrogens with one attached hydrogen (secondary N) is 1. The highest BCUT2D eigenvalue weighted by atomic mass is 16.2. The van der Waals surface area contributed by atoms with Crippen molar-refractivity contribution in [2.45, 2.75) is 51.5 Å². The number of anilines is 4. The number of rotatable bonds is 4. The maximum Gasteiger partial charge on any atom is 0.328 e. The summed E-state index contributed by atoms with van der Waals surface area (Å²) in [5.41, 5.74) is 6.83. The van der Waals surface area contributed by atoms with E-state index >= 15 is 0 Å². The van der Waals surface area contributed by atoms with Crippen LogP contribution < -0.4 is 20.9 Å². The molecule has 4 rings (SSSR count). The molecule has 1 aliphatic carbocycles. The van der Waals surface area contributed by atoms with Gasteiger partial charge in [-0.3, -0.25) is 15.0 Å². The monoisotopic (exact) mass is 452 g/mol. The van der Waals surface area contributed by atoms with Gasteiger partial charge in [0.25, 0.3) is 0 Å². The molecular weight excluding hydrogens is 420 g/mol. The third kappa shape index (κ3) is 5.50. The largest absolute Gasteiger partial charge is 0.396 e. The lowest BCUT2D eigenvalue weighted by molar-refractivity contribution is -0.128. The Kier molecular flexibility index (Phi) is 7.21. The van der Waals surface area contributed by atoms with E-state index in [1.807, 2.05) is 17.0 Å². The fourth-order valence-electron chi connectivity index (χ4n) is 4.59. The van der Waals surface area contributed by atoms with E-state index in [4.69, 9.17) is 10.7 Å². The van der Waals surface area contributed by atoms with Gasteiger partial charge in [0, 0.05) is 45.3 Å². The molecule has 10 nitrogen and oxygen atoms in total.